The zero-order chi connectivity index (χ0) is 13.5. The molecule has 1 aromatic carbocycles. The molecular formula is C13H15NO3S. The van der Waals surface area contributed by atoms with E-state index < -0.39 is 5.97 Å². The first kappa shape index (κ1) is 14.2. The van der Waals surface area contributed by atoms with Crippen molar-refractivity contribution in [1.29, 1.82) is 0 Å². The van der Waals surface area contributed by atoms with E-state index in [0.29, 0.717) is 17.5 Å². The normalized spacial score (nSPS) is 10.9. The average Bonchev–Trinajstić information content (AvgIpc) is 2.38. The highest BCUT2D eigenvalue weighted by atomic mass is 32.1. The van der Waals surface area contributed by atoms with Crippen molar-refractivity contribution in [3.05, 3.63) is 47.4 Å². The number of aromatic carboxylic acids is 1. The Balaban J connectivity index is 2.75. The van der Waals surface area contributed by atoms with Crippen LogP contribution in [-0.2, 0) is 4.74 Å². The van der Waals surface area contributed by atoms with E-state index in [0.717, 1.165) is 5.56 Å². The Morgan fingerprint density at radius 1 is 1.39 bits per heavy atom. The second-order valence-electron chi connectivity index (χ2n) is 3.42. The highest BCUT2D eigenvalue weighted by Crippen LogP contribution is 2.06. The molecule has 0 radical (unpaired) electrons. The number of benzene rings is 1. The number of carboxylic acid groups (broad SMARTS) is 1. The molecular weight excluding hydrogens is 250 g/mol. The number of hydrogen-bond donors (Lipinski definition) is 2. The monoisotopic (exact) mass is 265 g/mol. The van der Waals surface area contributed by atoms with E-state index in [9.17, 15) is 4.79 Å². The van der Waals surface area contributed by atoms with Gasteiger partial charge in [0.2, 0.25) is 0 Å². The summed E-state index contributed by atoms with van der Waals surface area (Å²) in [5, 5.41) is 11.7. The molecule has 0 aliphatic carbocycles. The van der Waals surface area contributed by atoms with Crippen LogP contribution < -0.4 is 5.32 Å². The zero-order valence-electron chi connectivity index (χ0n) is 10.3. The van der Waals surface area contributed by atoms with Crippen molar-refractivity contribution in [2.45, 2.75) is 13.8 Å². The van der Waals surface area contributed by atoms with Gasteiger partial charge in [-0.2, -0.15) is 0 Å². The minimum absolute atomic E-state index is 0.234. The van der Waals surface area contributed by atoms with Crippen LogP contribution in [0.3, 0.4) is 0 Å². The molecule has 0 aliphatic heterocycles. The lowest BCUT2D eigenvalue weighted by Crippen LogP contribution is -2.23. The van der Waals surface area contributed by atoms with Crippen molar-refractivity contribution < 1.29 is 14.6 Å². The molecule has 0 aliphatic rings. The molecule has 0 heterocycles. The van der Waals surface area contributed by atoms with Gasteiger partial charge in [0.15, 0.2) is 5.88 Å². The maximum atomic E-state index is 10.7. The van der Waals surface area contributed by atoms with Crippen molar-refractivity contribution in [2.24, 2.45) is 0 Å². The van der Waals surface area contributed by atoms with Gasteiger partial charge >= 0.3 is 5.97 Å². The molecule has 2 N–H and O–H groups in total. The number of carboxylic acids is 1. The van der Waals surface area contributed by atoms with Crippen LogP contribution in [0.4, 0.5) is 0 Å². The third kappa shape index (κ3) is 3.85. The van der Waals surface area contributed by atoms with Gasteiger partial charge in [0.1, 0.15) is 4.99 Å². The SMILES string of the molecule is C/C=C(/NC(=S)c1ccc(C(=O)O)cc1)OCC. The van der Waals surface area contributed by atoms with Gasteiger partial charge in [-0.3, -0.25) is 0 Å². The molecule has 0 unspecified atom stereocenters. The third-order valence-electron chi connectivity index (χ3n) is 2.19. The van der Waals surface area contributed by atoms with Crippen molar-refractivity contribution in [1.82, 2.24) is 5.32 Å². The number of ether oxygens (including phenoxy) is 1. The minimum atomic E-state index is -0.955. The highest BCUT2D eigenvalue weighted by Gasteiger charge is 2.06. The van der Waals surface area contributed by atoms with E-state index >= 15 is 0 Å². The summed E-state index contributed by atoms with van der Waals surface area (Å²) in [6.07, 6.45) is 1.78. The number of allylic oxidation sites excluding steroid dienone is 1. The maximum Gasteiger partial charge on any atom is 0.335 e. The molecule has 0 fully saturated rings. The molecule has 0 aromatic heterocycles. The van der Waals surface area contributed by atoms with E-state index in [1.807, 2.05) is 13.8 Å². The van der Waals surface area contributed by atoms with Gasteiger partial charge < -0.3 is 15.2 Å². The van der Waals surface area contributed by atoms with Gasteiger partial charge in [0.25, 0.3) is 0 Å². The van der Waals surface area contributed by atoms with Crippen molar-refractivity contribution in [2.75, 3.05) is 6.61 Å². The summed E-state index contributed by atoms with van der Waals surface area (Å²) in [5.41, 5.74) is 0.978. The first-order valence-corrected chi connectivity index (χ1v) is 5.93. The van der Waals surface area contributed by atoms with Crippen LogP contribution in [0.15, 0.2) is 36.2 Å². The van der Waals surface area contributed by atoms with Gasteiger partial charge in [-0.1, -0.05) is 24.4 Å². The first-order chi connectivity index (χ1) is 8.58. The molecule has 0 saturated carbocycles. The van der Waals surface area contributed by atoms with E-state index in [-0.39, 0.29) is 5.56 Å². The fraction of sp³-hybridized carbons (Fsp3) is 0.231. The second kappa shape index (κ2) is 6.76. The van der Waals surface area contributed by atoms with Crippen LogP contribution >= 0.6 is 12.2 Å². The van der Waals surface area contributed by atoms with Gasteiger partial charge in [-0.15, -0.1) is 0 Å². The Morgan fingerprint density at radius 3 is 2.39 bits per heavy atom. The Morgan fingerprint density at radius 2 is 1.94 bits per heavy atom. The predicted molar refractivity (Wildman–Crippen MR) is 73.6 cm³/mol. The lowest BCUT2D eigenvalue weighted by molar-refractivity contribution is 0.0697. The van der Waals surface area contributed by atoms with Crippen LogP contribution in [0, 0.1) is 0 Å². The van der Waals surface area contributed by atoms with E-state index in [4.69, 9.17) is 22.1 Å². The Hall–Kier alpha value is -1.88. The van der Waals surface area contributed by atoms with Crippen LogP contribution in [0.1, 0.15) is 29.8 Å². The largest absolute Gasteiger partial charge is 0.479 e. The first-order valence-electron chi connectivity index (χ1n) is 5.52. The van der Waals surface area contributed by atoms with Crippen LogP contribution in [0.25, 0.3) is 0 Å². The highest BCUT2D eigenvalue weighted by molar-refractivity contribution is 7.80. The van der Waals surface area contributed by atoms with Gasteiger partial charge in [-0.25, -0.2) is 4.79 Å². The smallest absolute Gasteiger partial charge is 0.335 e. The third-order valence-corrected chi connectivity index (χ3v) is 2.53. The molecule has 18 heavy (non-hydrogen) atoms. The lowest BCUT2D eigenvalue weighted by Gasteiger charge is -2.12. The lowest BCUT2D eigenvalue weighted by atomic mass is 10.1. The topological polar surface area (TPSA) is 58.6 Å². The Labute approximate surface area is 111 Å². The number of rotatable bonds is 5. The van der Waals surface area contributed by atoms with Crippen molar-refractivity contribution in [3.63, 3.8) is 0 Å². The summed E-state index contributed by atoms with van der Waals surface area (Å²) < 4.78 is 5.31. The average molecular weight is 265 g/mol. The summed E-state index contributed by atoms with van der Waals surface area (Å²) in [7, 11) is 0. The quantitative estimate of drug-likeness (QED) is 0.633. The van der Waals surface area contributed by atoms with Gasteiger partial charge in [0.05, 0.1) is 12.2 Å². The predicted octanol–water partition coefficient (Wildman–Crippen LogP) is 2.55. The zero-order valence-corrected chi connectivity index (χ0v) is 11.1. The number of hydrogen-bond acceptors (Lipinski definition) is 3. The molecule has 5 heteroatoms. The van der Waals surface area contributed by atoms with Crippen molar-refractivity contribution in [3.8, 4) is 0 Å². The molecule has 0 amide bonds. The van der Waals surface area contributed by atoms with Crippen molar-refractivity contribution >= 4 is 23.2 Å². The summed E-state index contributed by atoms with van der Waals surface area (Å²) >= 11 is 5.21. The summed E-state index contributed by atoms with van der Waals surface area (Å²) in [6.45, 7) is 4.28. The van der Waals surface area contributed by atoms with Crippen LogP contribution in [-0.4, -0.2) is 22.7 Å². The van der Waals surface area contributed by atoms with E-state index in [2.05, 4.69) is 5.32 Å². The van der Waals surface area contributed by atoms with Crippen LogP contribution in [0.5, 0.6) is 0 Å². The van der Waals surface area contributed by atoms with Crippen LogP contribution in [0.2, 0.25) is 0 Å². The van der Waals surface area contributed by atoms with Gasteiger partial charge in [0, 0.05) is 5.56 Å². The number of nitrogens with one attached hydrogen (secondary N) is 1. The molecule has 0 atom stereocenters. The fourth-order valence-corrected chi connectivity index (χ4v) is 1.53. The maximum absolute atomic E-state index is 10.7. The Kier molecular flexibility index (Phi) is 5.32. The summed E-state index contributed by atoms with van der Waals surface area (Å²) in [4.78, 5) is 11.2. The Bertz CT molecular complexity index is 466. The number of thiocarbonyl (C=S) groups is 1. The number of carbonyl (C=O) groups is 1. The molecule has 0 bridgehead atoms. The molecule has 96 valence electrons. The minimum Gasteiger partial charge on any atom is -0.479 e. The molecule has 4 nitrogen and oxygen atoms in total. The van der Waals surface area contributed by atoms with E-state index in [1.54, 1.807) is 18.2 Å². The summed E-state index contributed by atoms with van der Waals surface area (Å²) in [6, 6.07) is 6.36. The fourth-order valence-electron chi connectivity index (χ4n) is 1.30. The molecule has 1 aromatic rings. The van der Waals surface area contributed by atoms with Gasteiger partial charge in [-0.05, 0) is 32.1 Å². The molecule has 0 spiro atoms. The molecule has 0 saturated heterocycles. The summed E-state index contributed by atoms with van der Waals surface area (Å²) in [5.74, 6) is -0.367. The molecule has 1 rings (SSSR count). The standard InChI is InChI=1S/C13H15NO3S/c1-3-11(17-4-2)14-12(18)9-5-7-10(8-6-9)13(15)16/h3,5-8H,4H2,1-2H3,(H,14,18)(H,15,16)/b11-3-. The van der Waals surface area contributed by atoms with E-state index in [1.165, 1.54) is 12.1 Å². The second-order valence-corrected chi connectivity index (χ2v) is 3.83.